The number of hydrogen-bond acceptors (Lipinski definition) is 2. The fraction of sp³-hybridized carbons (Fsp3) is 1.00. The molecule has 0 aromatic carbocycles. The molecular formula is C11H24N2. The van der Waals surface area contributed by atoms with E-state index in [0.717, 1.165) is 0 Å². The van der Waals surface area contributed by atoms with Crippen molar-refractivity contribution in [3.05, 3.63) is 0 Å². The van der Waals surface area contributed by atoms with Crippen molar-refractivity contribution in [2.45, 2.75) is 58.0 Å². The molecule has 2 atom stereocenters. The van der Waals surface area contributed by atoms with E-state index < -0.39 is 0 Å². The van der Waals surface area contributed by atoms with E-state index in [1.807, 2.05) is 0 Å². The average Bonchev–Trinajstić information content (AvgIpc) is 2.09. The first kappa shape index (κ1) is 11.0. The van der Waals surface area contributed by atoms with Gasteiger partial charge in [0.05, 0.1) is 0 Å². The van der Waals surface area contributed by atoms with Gasteiger partial charge in [0.15, 0.2) is 0 Å². The molecule has 0 saturated carbocycles. The van der Waals surface area contributed by atoms with E-state index in [0.29, 0.717) is 12.1 Å². The highest BCUT2D eigenvalue weighted by atomic mass is 15.2. The summed E-state index contributed by atoms with van der Waals surface area (Å²) in [6.45, 7) is 7.06. The fourth-order valence-corrected chi connectivity index (χ4v) is 2.15. The molecule has 1 saturated heterocycles. The lowest BCUT2D eigenvalue weighted by atomic mass is 9.99. The molecule has 0 amide bonds. The van der Waals surface area contributed by atoms with Gasteiger partial charge in [-0.05, 0) is 39.3 Å². The summed E-state index contributed by atoms with van der Waals surface area (Å²) in [6.07, 6.45) is 6.43. The van der Waals surface area contributed by atoms with Gasteiger partial charge in [-0.3, -0.25) is 0 Å². The Morgan fingerprint density at radius 1 is 1.38 bits per heavy atom. The zero-order chi connectivity index (χ0) is 9.68. The molecule has 2 unspecified atom stereocenters. The van der Waals surface area contributed by atoms with Gasteiger partial charge >= 0.3 is 0 Å². The molecule has 2 heteroatoms. The summed E-state index contributed by atoms with van der Waals surface area (Å²) in [4.78, 5) is 2.60. The number of unbranched alkanes of at least 4 members (excludes halogenated alkanes) is 2. The van der Waals surface area contributed by atoms with Crippen molar-refractivity contribution in [3.8, 4) is 0 Å². The lowest BCUT2D eigenvalue weighted by molar-refractivity contribution is 0.145. The molecule has 13 heavy (non-hydrogen) atoms. The molecule has 0 bridgehead atoms. The number of nitrogens with two attached hydrogens (primary N) is 1. The predicted octanol–water partition coefficient (Wildman–Crippen LogP) is 1.99. The first-order chi connectivity index (χ1) is 6.24. The standard InChI is InChI=1S/C11H24N2/c1-3-4-5-7-13-8-6-11(12)9-10(13)2/h10-11H,3-9,12H2,1-2H3. The van der Waals surface area contributed by atoms with Crippen LogP contribution in [0.4, 0.5) is 0 Å². The summed E-state index contributed by atoms with van der Waals surface area (Å²) in [6, 6.07) is 1.16. The van der Waals surface area contributed by atoms with Crippen molar-refractivity contribution < 1.29 is 0 Å². The predicted molar refractivity (Wildman–Crippen MR) is 57.8 cm³/mol. The van der Waals surface area contributed by atoms with Crippen molar-refractivity contribution in [1.29, 1.82) is 0 Å². The van der Waals surface area contributed by atoms with E-state index in [-0.39, 0.29) is 0 Å². The van der Waals surface area contributed by atoms with Crippen molar-refractivity contribution in [2.75, 3.05) is 13.1 Å². The average molecular weight is 184 g/mol. The summed E-state index contributed by atoms with van der Waals surface area (Å²) in [5.41, 5.74) is 5.92. The molecule has 1 aliphatic heterocycles. The largest absolute Gasteiger partial charge is 0.328 e. The molecule has 2 N–H and O–H groups in total. The van der Waals surface area contributed by atoms with Crippen LogP contribution in [0.25, 0.3) is 0 Å². The van der Waals surface area contributed by atoms with Crippen LogP contribution in [0.1, 0.15) is 46.0 Å². The van der Waals surface area contributed by atoms with E-state index in [1.54, 1.807) is 0 Å². The van der Waals surface area contributed by atoms with Crippen LogP contribution in [0, 0.1) is 0 Å². The number of likely N-dealkylation sites (tertiary alicyclic amines) is 1. The third-order valence-electron chi connectivity index (χ3n) is 3.10. The van der Waals surface area contributed by atoms with E-state index in [1.165, 1.54) is 45.2 Å². The van der Waals surface area contributed by atoms with Gasteiger partial charge in [0.25, 0.3) is 0 Å². The van der Waals surface area contributed by atoms with E-state index in [2.05, 4.69) is 18.7 Å². The Morgan fingerprint density at radius 3 is 2.77 bits per heavy atom. The summed E-state index contributed by atoms with van der Waals surface area (Å²) < 4.78 is 0. The topological polar surface area (TPSA) is 29.3 Å². The number of nitrogens with zero attached hydrogens (tertiary/aromatic N) is 1. The molecule has 1 heterocycles. The van der Waals surface area contributed by atoms with Gasteiger partial charge < -0.3 is 10.6 Å². The van der Waals surface area contributed by atoms with Gasteiger partial charge in [0.1, 0.15) is 0 Å². The van der Waals surface area contributed by atoms with Gasteiger partial charge in [0, 0.05) is 12.1 Å². The molecule has 0 aliphatic carbocycles. The number of rotatable bonds is 4. The van der Waals surface area contributed by atoms with Crippen LogP contribution in [-0.4, -0.2) is 30.1 Å². The highest BCUT2D eigenvalue weighted by Gasteiger charge is 2.21. The Balaban J connectivity index is 2.18. The van der Waals surface area contributed by atoms with Gasteiger partial charge in [0.2, 0.25) is 0 Å². The quantitative estimate of drug-likeness (QED) is 0.677. The van der Waals surface area contributed by atoms with Gasteiger partial charge in [-0.1, -0.05) is 19.8 Å². The van der Waals surface area contributed by atoms with Gasteiger partial charge in [-0.2, -0.15) is 0 Å². The second-order valence-corrected chi connectivity index (χ2v) is 4.38. The Hall–Kier alpha value is -0.0800. The third-order valence-corrected chi connectivity index (χ3v) is 3.10. The minimum Gasteiger partial charge on any atom is -0.328 e. The Bertz CT molecular complexity index is 136. The van der Waals surface area contributed by atoms with Crippen molar-refractivity contribution in [3.63, 3.8) is 0 Å². The Labute approximate surface area is 82.5 Å². The molecule has 1 aliphatic rings. The maximum absolute atomic E-state index is 5.92. The van der Waals surface area contributed by atoms with Crippen LogP contribution in [0.5, 0.6) is 0 Å². The van der Waals surface area contributed by atoms with E-state index in [4.69, 9.17) is 5.73 Å². The first-order valence-corrected chi connectivity index (χ1v) is 5.73. The monoisotopic (exact) mass is 184 g/mol. The number of hydrogen-bond donors (Lipinski definition) is 1. The summed E-state index contributed by atoms with van der Waals surface area (Å²) in [7, 11) is 0. The van der Waals surface area contributed by atoms with Crippen LogP contribution < -0.4 is 5.73 Å². The lowest BCUT2D eigenvalue weighted by Gasteiger charge is -2.36. The summed E-state index contributed by atoms with van der Waals surface area (Å²) in [5.74, 6) is 0. The molecule has 0 spiro atoms. The number of piperidine rings is 1. The van der Waals surface area contributed by atoms with Crippen molar-refractivity contribution in [2.24, 2.45) is 5.73 Å². The minimum atomic E-state index is 0.456. The minimum absolute atomic E-state index is 0.456. The SMILES string of the molecule is CCCCCN1CCC(N)CC1C. The molecular weight excluding hydrogens is 160 g/mol. The van der Waals surface area contributed by atoms with Crippen LogP contribution in [0.2, 0.25) is 0 Å². The fourth-order valence-electron chi connectivity index (χ4n) is 2.15. The maximum atomic E-state index is 5.92. The smallest absolute Gasteiger partial charge is 0.00816 e. The second-order valence-electron chi connectivity index (χ2n) is 4.38. The summed E-state index contributed by atoms with van der Waals surface area (Å²) >= 11 is 0. The lowest BCUT2D eigenvalue weighted by Crippen LogP contribution is -2.45. The highest BCUT2D eigenvalue weighted by Crippen LogP contribution is 2.16. The Morgan fingerprint density at radius 2 is 2.15 bits per heavy atom. The molecule has 1 fully saturated rings. The molecule has 78 valence electrons. The van der Waals surface area contributed by atoms with Gasteiger partial charge in [-0.25, -0.2) is 0 Å². The van der Waals surface area contributed by atoms with Crippen molar-refractivity contribution >= 4 is 0 Å². The zero-order valence-corrected chi connectivity index (χ0v) is 9.13. The molecule has 0 aromatic heterocycles. The van der Waals surface area contributed by atoms with Crippen molar-refractivity contribution in [1.82, 2.24) is 4.90 Å². The molecule has 1 rings (SSSR count). The first-order valence-electron chi connectivity index (χ1n) is 5.73. The summed E-state index contributed by atoms with van der Waals surface area (Å²) in [5, 5.41) is 0. The van der Waals surface area contributed by atoms with Crippen LogP contribution in [0.3, 0.4) is 0 Å². The zero-order valence-electron chi connectivity index (χ0n) is 9.13. The molecule has 0 radical (unpaired) electrons. The molecule has 2 nitrogen and oxygen atoms in total. The normalized spacial score (nSPS) is 30.7. The van der Waals surface area contributed by atoms with Crippen LogP contribution >= 0.6 is 0 Å². The highest BCUT2D eigenvalue weighted by molar-refractivity contribution is 4.80. The maximum Gasteiger partial charge on any atom is 0.00816 e. The van der Waals surface area contributed by atoms with Crippen LogP contribution in [-0.2, 0) is 0 Å². The Kier molecular flexibility index (Phi) is 4.74. The van der Waals surface area contributed by atoms with Gasteiger partial charge in [-0.15, -0.1) is 0 Å². The van der Waals surface area contributed by atoms with E-state index >= 15 is 0 Å². The third kappa shape index (κ3) is 3.65. The van der Waals surface area contributed by atoms with E-state index in [9.17, 15) is 0 Å². The van der Waals surface area contributed by atoms with Crippen LogP contribution in [0.15, 0.2) is 0 Å². The second kappa shape index (κ2) is 5.61. The molecule has 0 aromatic rings.